The molecule has 1 aromatic heterocycles. The molecule has 0 bridgehead atoms. The molecule has 1 atom stereocenters. The number of hydrogen-bond donors (Lipinski definition) is 2. The van der Waals surface area contributed by atoms with Crippen molar-refractivity contribution in [2.45, 2.75) is 18.9 Å². The third kappa shape index (κ3) is 4.78. The molecule has 2 N–H and O–H groups in total. The third-order valence-corrected chi connectivity index (χ3v) is 4.45. The Hall–Kier alpha value is -2.58. The molecule has 1 unspecified atom stereocenters. The maximum absolute atomic E-state index is 12.6. The molecule has 1 amide bonds. The first-order valence-corrected chi connectivity index (χ1v) is 8.89. The van der Waals surface area contributed by atoms with Gasteiger partial charge in [-0.1, -0.05) is 11.6 Å². The monoisotopic (exact) mass is 392 g/mol. The van der Waals surface area contributed by atoms with E-state index < -0.39 is 5.91 Å². The van der Waals surface area contributed by atoms with Gasteiger partial charge in [-0.2, -0.15) is 0 Å². The largest absolute Gasteiger partial charge is 0.495 e. The van der Waals surface area contributed by atoms with Crippen molar-refractivity contribution in [2.75, 3.05) is 38.0 Å². The van der Waals surface area contributed by atoms with Gasteiger partial charge in [0.05, 0.1) is 31.0 Å². The molecule has 144 valence electrons. The number of hydrogen-bond acceptors (Lipinski definition) is 7. The molecule has 1 aromatic carbocycles. The minimum Gasteiger partial charge on any atom is -0.495 e. The topological polar surface area (TPSA) is 94.6 Å². The lowest BCUT2D eigenvalue weighted by Crippen LogP contribution is -2.20. The Morgan fingerprint density at radius 3 is 2.78 bits per heavy atom. The molecule has 0 saturated carbocycles. The third-order valence-electron chi connectivity index (χ3n) is 4.16. The standard InChI is InChI=1S/C18H21ClN4O4/c1-25-15-7-13(16(26-2)6-12(15)19)23-18(24)14-8-17(22-10-21-14)20-9-11-4-3-5-27-11/h6-8,10-11H,3-5,9H2,1-2H3,(H,23,24)(H,20,21,22). The van der Waals surface area contributed by atoms with Crippen LogP contribution in [0.25, 0.3) is 0 Å². The van der Waals surface area contributed by atoms with E-state index >= 15 is 0 Å². The molecule has 9 heteroatoms. The summed E-state index contributed by atoms with van der Waals surface area (Å²) in [6.45, 7) is 1.43. The number of halogens is 1. The Balaban J connectivity index is 1.71. The van der Waals surface area contributed by atoms with Crippen LogP contribution in [0.1, 0.15) is 23.3 Å². The smallest absolute Gasteiger partial charge is 0.274 e. The van der Waals surface area contributed by atoms with Crippen molar-refractivity contribution in [3.05, 3.63) is 35.2 Å². The molecule has 1 fully saturated rings. The summed E-state index contributed by atoms with van der Waals surface area (Å²) < 4.78 is 16.0. The number of aromatic nitrogens is 2. The number of carbonyl (C=O) groups is 1. The highest BCUT2D eigenvalue weighted by Gasteiger charge is 2.17. The van der Waals surface area contributed by atoms with Crippen LogP contribution in [0.4, 0.5) is 11.5 Å². The predicted molar refractivity (Wildman–Crippen MR) is 102 cm³/mol. The molecule has 2 aromatic rings. The summed E-state index contributed by atoms with van der Waals surface area (Å²) in [5.41, 5.74) is 0.645. The maximum Gasteiger partial charge on any atom is 0.274 e. The fourth-order valence-corrected chi connectivity index (χ4v) is 2.98. The molecule has 2 heterocycles. The summed E-state index contributed by atoms with van der Waals surface area (Å²) in [7, 11) is 2.99. The van der Waals surface area contributed by atoms with Gasteiger partial charge in [0.2, 0.25) is 0 Å². The lowest BCUT2D eigenvalue weighted by Gasteiger charge is -2.14. The highest BCUT2D eigenvalue weighted by molar-refractivity contribution is 6.32. The number of anilines is 2. The van der Waals surface area contributed by atoms with Crippen LogP contribution in [0, 0.1) is 0 Å². The number of amides is 1. The van der Waals surface area contributed by atoms with Crippen molar-refractivity contribution in [3.63, 3.8) is 0 Å². The molecule has 27 heavy (non-hydrogen) atoms. The zero-order chi connectivity index (χ0) is 19.2. The SMILES string of the molecule is COc1cc(NC(=O)c2cc(NCC3CCCO3)ncn2)c(OC)cc1Cl. The summed E-state index contributed by atoms with van der Waals surface area (Å²) in [6, 6.07) is 4.76. The van der Waals surface area contributed by atoms with Crippen LogP contribution >= 0.6 is 11.6 Å². The van der Waals surface area contributed by atoms with Gasteiger partial charge in [-0.25, -0.2) is 9.97 Å². The van der Waals surface area contributed by atoms with Crippen LogP contribution < -0.4 is 20.1 Å². The second-order valence-corrected chi connectivity index (χ2v) is 6.35. The number of nitrogens with zero attached hydrogens (tertiary/aromatic N) is 2. The quantitative estimate of drug-likeness (QED) is 0.747. The molecule has 0 aliphatic carbocycles. The molecule has 3 rings (SSSR count). The van der Waals surface area contributed by atoms with Crippen LogP contribution in [0.15, 0.2) is 24.5 Å². The first-order valence-electron chi connectivity index (χ1n) is 8.51. The summed E-state index contributed by atoms with van der Waals surface area (Å²) in [5.74, 6) is 1.00. The molecule has 0 spiro atoms. The van der Waals surface area contributed by atoms with Gasteiger partial charge < -0.3 is 24.8 Å². The summed E-state index contributed by atoms with van der Waals surface area (Å²) in [6.07, 6.45) is 3.59. The second-order valence-electron chi connectivity index (χ2n) is 5.95. The van der Waals surface area contributed by atoms with Crippen LogP contribution in [0.5, 0.6) is 11.5 Å². The Morgan fingerprint density at radius 2 is 2.07 bits per heavy atom. The number of benzene rings is 1. The number of ether oxygens (including phenoxy) is 3. The average Bonchev–Trinajstić information content (AvgIpc) is 3.21. The molecular weight excluding hydrogens is 372 g/mol. The maximum atomic E-state index is 12.6. The van der Waals surface area contributed by atoms with Gasteiger partial charge in [0.1, 0.15) is 29.3 Å². The van der Waals surface area contributed by atoms with E-state index in [-0.39, 0.29) is 11.8 Å². The van der Waals surface area contributed by atoms with E-state index in [1.807, 2.05) is 0 Å². The van der Waals surface area contributed by atoms with Crippen molar-refractivity contribution < 1.29 is 19.0 Å². The first-order chi connectivity index (χ1) is 13.1. The minimum atomic E-state index is -0.403. The summed E-state index contributed by atoms with van der Waals surface area (Å²) >= 11 is 6.09. The van der Waals surface area contributed by atoms with Crippen LogP contribution in [0.2, 0.25) is 5.02 Å². The number of rotatable bonds is 7. The van der Waals surface area contributed by atoms with Gasteiger partial charge in [-0.05, 0) is 12.8 Å². The minimum absolute atomic E-state index is 0.169. The molecule has 1 aliphatic heterocycles. The van der Waals surface area contributed by atoms with Crippen LogP contribution in [0.3, 0.4) is 0 Å². The Labute approximate surface area is 162 Å². The van der Waals surface area contributed by atoms with E-state index in [4.69, 9.17) is 25.8 Å². The first kappa shape index (κ1) is 19.2. The van der Waals surface area contributed by atoms with E-state index in [9.17, 15) is 4.79 Å². The Kier molecular flexibility index (Phi) is 6.31. The van der Waals surface area contributed by atoms with Crippen molar-refractivity contribution >= 4 is 29.0 Å². The van der Waals surface area contributed by atoms with Crippen LogP contribution in [-0.4, -0.2) is 49.4 Å². The molecule has 0 radical (unpaired) electrons. The molecule has 8 nitrogen and oxygen atoms in total. The fourth-order valence-electron chi connectivity index (χ4n) is 2.75. The summed E-state index contributed by atoms with van der Waals surface area (Å²) in [4.78, 5) is 20.8. The fraction of sp³-hybridized carbons (Fsp3) is 0.389. The second kappa shape index (κ2) is 8.88. The van der Waals surface area contributed by atoms with E-state index in [1.54, 1.807) is 18.2 Å². The highest BCUT2D eigenvalue weighted by atomic mass is 35.5. The zero-order valence-corrected chi connectivity index (χ0v) is 15.9. The van der Waals surface area contributed by atoms with Gasteiger partial charge in [-0.3, -0.25) is 4.79 Å². The van der Waals surface area contributed by atoms with Crippen molar-refractivity contribution in [1.82, 2.24) is 9.97 Å². The average molecular weight is 393 g/mol. The number of methoxy groups -OCH3 is 2. The van der Waals surface area contributed by atoms with Crippen molar-refractivity contribution in [3.8, 4) is 11.5 Å². The lowest BCUT2D eigenvalue weighted by molar-refractivity contribution is 0.102. The molecular formula is C18H21ClN4O4. The van der Waals surface area contributed by atoms with Crippen molar-refractivity contribution in [1.29, 1.82) is 0 Å². The number of nitrogens with one attached hydrogen (secondary N) is 2. The van der Waals surface area contributed by atoms with Gasteiger partial charge in [-0.15, -0.1) is 0 Å². The van der Waals surface area contributed by atoms with Gasteiger partial charge in [0, 0.05) is 31.4 Å². The lowest BCUT2D eigenvalue weighted by atomic mass is 10.2. The molecule has 1 saturated heterocycles. The van der Waals surface area contributed by atoms with E-state index in [0.717, 1.165) is 19.4 Å². The van der Waals surface area contributed by atoms with E-state index in [1.165, 1.54) is 20.5 Å². The van der Waals surface area contributed by atoms with Gasteiger partial charge in [0.15, 0.2) is 0 Å². The van der Waals surface area contributed by atoms with Crippen LogP contribution in [-0.2, 0) is 4.74 Å². The normalized spacial score (nSPS) is 16.0. The van der Waals surface area contributed by atoms with E-state index in [0.29, 0.717) is 34.6 Å². The van der Waals surface area contributed by atoms with Gasteiger partial charge >= 0.3 is 0 Å². The predicted octanol–water partition coefficient (Wildman–Crippen LogP) is 2.99. The van der Waals surface area contributed by atoms with E-state index in [2.05, 4.69) is 20.6 Å². The van der Waals surface area contributed by atoms with Crippen molar-refractivity contribution in [2.24, 2.45) is 0 Å². The zero-order valence-electron chi connectivity index (χ0n) is 15.1. The Morgan fingerprint density at radius 1 is 1.26 bits per heavy atom. The summed E-state index contributed by atoms with van der Waals surface area (Å²) in [5, 5.41) is 6.32. The van der Waals surface area contributed by atoms with Gasteiger partial charge in [0.25, 0.3) is 5.91 Å². The molecule has 1 aliphatic rings. The number of carbonyl (C=O) groups excluding carboxylic acids is 1. The highest BCUT2D eigenvalue weighted by Crippen LogP contribution is 2.36. The Bertz CT molecular complexity index is 812.